The van der Waals surface area contributed by atoms with Crippen molar-refractivity contribution in [2.75, 3.05) is 32.4 Å². The van der Waals surface area contributed by atoms with E-state index in [2.05, 4.69) is 5.32 Å². The van der Waals surface area contributed by atoms with Crippen molar-refractivity contribution < 1.29 is 45.1 Å². The van der Waals surface area contributed by atoms with Gasteiger partial charge in [0.05, 0.1) is 18.6 Å². The number of nitrogens with one attached hydrogen (secondary N) is 1. The number of ether oxygens (including phenoxy) is 3. The minimum Gasteiger partial charge on any atom is -0.467 e. The molecule has 0 radical (unpaired) electrons. The quantitative estimate of drug-likeness (QED) is 0.0631. The standard InChI is InChI=1S/C53H44F3NO7S/c1-3-63-52(58)38-12-8-11-34(25-38)42-21-19-37(28-48(42)64-31-62-2)49-46-26-35-9-5-7-14-41(35)45(46)29-44(51(49)65(59,60)61)33-17-15-32(16-18-33)23-24-57-50-39(30-53(54,55)56)20-22-43-40-13-6-4-10-36(40)27-47(43)50/h4-22,25,28-29,57H,3,23-24,26-27,30-31H2,1-2H3,(H,59,60,61). The second-order valence-electron chi connectivity index (χ2n) is 16.2. The van der Waals surface area contributed by atoms with Crippen molar-refractivity contribution >= 4 is 21.8 Å². The third-order valence-corrected chi connectivity index (χ3v) is 13.0. The highest BCUT2D eigenvalue weighted by Crippen LogP contribution is 2.50. The van der Waals surface area contributed by atoms with E-state index in [0.717, 1.165) is 50.1 Å². The molecule has 2 N–H and O–H groups in total. The lowest BCUT2D eigenvalue weighted by Gasteiger charge is -2.20. The Labute approximate surface area is 375 Å². The molecule has 65 heavy (non-hydrogen) atoms. The Morgan fingerprint density at radius 1 is 0.708 bits per heavy atom. The molecular formula is C53H44F3NO7S. The van der Waals surface area contributed by atoms with Crippen LogP contribution in [0, 0.1) is 0 Å². The average Bonchev–Trinajstić information content (AvgIpc) is 3.86. The molecule has 7 aromatic rings. The third-order valence-electron chi connectivity index (χ3n) is 12.1. The summed E-state index contributed by atoms with van der Waals surface area (Å²) in [5.41, 5.74) is 12.2. The van der Waals surface area contributed by atoms with Gasteiger partial charge >= 0.3 is 12.1 Å². The molecular weight excluding hydrogens is 852 g/mol. The topological polar surface area (TPSA) is 111 Å². The van der Waals surface area contributed by atoms with Crippen LogP contribution in [0.4, 0.5) is 18.9 Å². The first-order valence-corrected chi connectivity index (χ1v) is 22.7. The molecule has 2 aliphatic carbocycles. The van der Waals surface area contributed by atoms with Gasteiger partial charge in [-0.05, 0) is 116 Å². The summed E-state index contributed by atoms with van der Waals surface area (Å²) in [6.45, 7) is 2.18. The number of alkyl halides is 3. The monoisotopic (exact) mass is 895 g/mol. The molecule has 0 aliphatic heterocycles. The SMILES string of the molecule is CCOC(=O)c1cccc(-c2ccc(-c3c4c(cc(-c5ccc(CCNc6c(CC(F)(F)F)ccc7c6Cc6ccccc6-7)cc5)c3S(=O)(=O)O)-c3ccccc3C4)cc2OCOC)c1. The third kappa shape index (κ3) is 8.77. The molecule has 330 valence electrons. The zero-order chi connectivity index (χ0) is 45.5. The molecule has 0 unspecified atom stereocenters. The van der Waals surface area contributed by atoms with E-state index in [4.69, 9.17) is 14.2 Å². The van der Waals surface area contributed by atoms with Crippen molar-refractivity contribution in [2.45, 2.75) is 43.7 Å². The zero-order valence-electron chi connectivity index (χ0n) is 35.6. The summed E-state index contributed by atoms with van der Waals surface area (Å²) in [4.78, 5) is 12.4. The van der Waals surface area contributed by atoms with Crippen LogP contribution in [-0.4, -0.2) is 52.2 Å². The van der Waals surface area contributed by atoms with E-state index in [1.807, 2.05) is 72.8 Å². The molecule has 0 aromatic heterocycles. The predicted octanol–water partition coefficient (Wildman–Crippen LogP) is 12.0. The Morgan fingerprint density at radius 2 is 1.38 bits per heavy atom. The Balaban J connectivity index is 1.09. The van der Waals surface area contributed by atoms with E-state index in [-0.39, 0.29) is 23.9 Å². The van der Waals surface area contributed by atoms with Crippen molar-refractivity contribution in [3.05, 3.63) is 172 Å². The molecule has 12 heteroatoms. The van der Waals surface area contributed by atoms with Gasteiger partial charge in [0.25, 0.3) is 10.1 Å². The van der Waals surface area contributed by atoms with Crippen LogP contribution in [-0.2, 0) is 45.3 Å². The normalized spacial score (nSPS) is 12.6. The van der Waals surface area contributed by atoms with Gasteiger partial charge in [0.15, 0.2) is 6.79 Å². The number of methoxy groups -OCH3 is 1. The number of halogens is 3. The first-order valence-electron chi connectivity index (χ1n) is 21.2. The smallest absolute Gasteiger partial charge is 0.393 e. The van der Waals surface area contributed by atoms with E-state index >= 15 is 0 Å². The second kappa shape index (κ2) is 17.7. The minimum atomic E-state index is -4.89. The summed E-state index contributed by atoms with van der Waals surface area (Å²) in [5.74, 6) is -0.116. The molecule has 8 nitrogen and oxygen atoms in total. The van der Waals surface area contributed by atoms with E-state index in [1.165, 1.54) is 7.11 Å². The molecule has 0 spiro atoms. The van der Waals surface area contributed by atoms with Gasteiger partial charge in [-0.2, -0.15) is 21.6 Å². The van der Waals surface area contributed by atoms with Crippen LogP contribution in [0.1, 0.15) is 50.7 Å². The van der Waals surface area contributed by atoms with Crippen molar-refractivity contribution in [3.63, 3.8) is 0 Å². The van der Waals surface area contributed by atoms with Gasteiger partial charge in [-0.3, -0.25) is 4.55 Å². The van der Waals surface area contributed by atoms with Crippen LogP contribution < -0.4 is 10.1 Å². The maximum absolute atomic E-state index is 13.8. The summed E-state index contributed by atoms with van der Waals surface area (Å²) in [5, 5.41) is 3.35. The lowest BCUT2D eigenvalue weighted by atomic mass is 9.89. The molecule has 0 amide bonds. The van der Waals surface area contributed by atoms with Crippen LogP contribution in [0.15, 0.2) is 138 Å². The van der Waals surface area contributed by atoms with Gasteiger partial charge in [-0.1, -0.05) is 109 Å². The Bertz CT molecular complexity index is 3090. The molecule has 2 aliphatic rings. The van der Waals surface area contributed by atoms with Crippen LogP contribution in [0.3, 0.4) is 0 Å². The Hall–Kier alpha value is -6.73. The van der Waals surface area contributed by atoms with E-state index in [0.29, 0.717) is 76.2 Å². The maximum atomic E-state index is 13.8. The molecule has 0 saturated heterocycles. The van der Waals surface area contributed by atoms with Crippen molar-refractivity contribution in [1.29, 1.82) is 0 Å². The number of anilines is 1. The van der Waals surface area contributed by atoms with Crippen LogP contribution in [0.25, 0.3) is 55.6 Å². The van der Waals surface area contributed by atoms with Crippen molar-refractivity contribution in [2.24, 2.45) is 0 Å². The largest absolute Gasteiger partial charge is 0.467 e. The number of rotatable bonds is 14. The number of hydrogen-bond donors (Lipinski definition) is 2. The molecule has 0 atom stereocenters. The van der Waals surface area contributed by atoms with Gasteiger partial charge in [-0.15, -0.1) is 0 Å². The van der Waals surface area contributed by atoms with Gasteiger partial charge in [0, 0.05) is 42.5 Å². The van der Waals surface area contributed by atoms with Crippen LogP contribution in [0.2, 0.25) is 0 Å². The highest BCUT2D eigenvalue weighted by molar-refractivity contribution is 7.86. The first kappa shape index (κ1) is 43.5. The van der Waals surface area contributed by atoms with Gasteiger partial charge < -0.3 is 19.5 Å². The predicted molar refractivity (Wildman–Crippen MR) is 246 cm³/mol. The van der Waals surface area contributed by atoms with E-state index in [9.17, 15) is 30.9 Å². The molecule has 9 rings (SSSR count). The zero-order valence-corrected chi connectivity index (χ0v) is 36.4. The maximum Gasteiger partial charge on any atom is 0.393 e. The summed E-state index contributed by atoms with van der Waals surface area (Å²) in [6, 6.07) is 40.4. The molecule has 7 aromatic carbocycles. The van der Waals surface area contributed by atoms with Gasteiger partial charge in [0.2, 0.25) is 0 Å². The number of benzene rings is 7. The summed E-state index contributed by atoms with van der Waals surface area (Å²) >= 11 is 0. The van der Waals surface area contributed by atoms with Crippen LogP contribution in [0.5, 0.6) is 5.75 Å². The molecule has 0 heterocycles. The van der Waals surface area contributed by atoms with Crippen molar-refractivity contribution in [3.8, 4) is 61.4 Å². The number of fused-ring (bicyclic) bond motifs is 6. The lowest BCUT2D eigenvalue weighted by molar-refractivity contribution is -0.127. The van der Waals surface area contributed by atoms with Crippen LogP contribution >= 0.6 is 0 Å². The molecule has 0 saturated carbocycles. The number of carbonyl (C=O) groups excluding carboxylic acids is 1. The summed E-state index contributed by atoms with van der Waals surface area (Å²) < 4.78 is 96.7. The van der Waals surface area contributed by atoms with Gasteiger partial charge in [0.1, 0.15) is 10.6 Å². The fourth-order valence-corrected chi connectivity index (χ4v) is 10.2. The fraction of sp³-hybridized carbons (Fsp3) is 0.189. The first-order chi connectivity index (χ1) is 31.3. The number of carbonyl (C=O) groups is 1. The Kier molecular flexibility index (Phi) is 11.8. The van der Waals surface area contributed by atoms with E-state index in [1.54, 1.807) is 67.6 Å². The summed E-state index contributed by atoms with van der Waals surface area (Å²) in [7, 11) is -3.40. The fourth-order valence-electron chi connectivity index (χ4n) is 9.26. The molecule has 0 bridgehead atoms. The molecule has 0 fully saturated rings. The average molecular weight is 896 g/mol. The van der Waals surface area contributed by atoms with Gasteiger partial charge in [-0.25, -0.2) is 4.79 Å². The summed E-state index contributed by atoms with van der Waals surface area (Å²) in [6.07, 6.45) is -4.01. The minimum absolute atomic E-state index is 0.124. The van der Waals surface area contributed by atoms with E-state index < -0.39 is 28.7 Å². The second-order valence-corrected chi connectivity index (χ2v) is 17.5. The lowest BCUT2D eigenvalue weighted by Crippen LogP contribution is -2.16. The number of esters is 1. The highest BCUT2D eigenvalue weighted by atomic mass is 32.2. The van der Waals surface area contributed by atoms with Crippen molar-refractivity contribution in [1.82, 2.24) is 0 Å². The highest BCUT2D eigenvalue weighted by Gasteiger charge is 2.33. The number of hydrogen-bond acceptors (Lipinski definition) is 7. The Morgan fingerprint density at radius 3 is 2.08 bits per heavy atom.